The zero-order valence-electron chi connectivity index (χ0n) is 10.5. The summed E-state index contributed by atoms with van der Waals surface area (Å²) >= 11 is 1.61. The number of amides is 2. The van der Waals surface area contributed by atoms with Crippen LogP contribution in [0.4, 0.5) is 4.79 Å². The van der Waals surface area contributed by atoms with Crippen molar-refractivity contribution in [2.45, 2.75) is 12.6 Å². The van der Waals surface area contributed by atoms with Gasteiger partial charge in [0, 0.05) is 44.0 Å². The van der Waals surface area contributed by atoms with E-state index in [1.807, 2.05) is 32.0 Å². The van der Waals surface area contributed by atoms with Gasteiger partial charge in [0.2, 0.25) is 0 Å². The summed E-state index contributed by atoms with van der Waals surface area (Å²) in [5, 5.41) is 5.35. The van der Waals surface area contributed by atoms with Crippen LogP contribution in [-0.4, -0.2) is 57.4 Å². The number of rotatable bonds is 2. The van der Waals surface area contributed by atoms with Gasteiger partial charge < -0.3 is 15.1 Å². The molecule has 2 fully saturated rings. The first kappa shape index (κ1) is 11.2. The second-order valence-corrected chi connectivity index (χ2v) is 5.91. The lowest BCUT2D eigenvalue weighted by Crippen LogP contribution is -2.49. The average Bonchev–Trinajstić information content (AvgIpc) is 3.05. The molecule has 100 valence electrons. The molecule has 2 aliphatic heterocycles. The molecule has 1 N–H and O–H groups in total. The monoisotopic (exact) mass is 277 g/mol. The number of fused-ring (bicyclic) bond motifs is 2. The summed E-state index contributed by atoms with van der Waals surface area (Å²) in [7, 11) is 0. The van der Waals surface area contributed by atoms with Gasteiger partial charge in [-0.15, -0.1) is 11.3 Å². The maximum Gasteiger partial charge on any atom is 0.320 e. The molecular formula is C12H15N5OS. The minimum absolute atomic E-state index is 0.155. The highest BCUT2D eigenvalue weighted by molar-refractivity contribution is 7.15. The number of thiazole rings is 1. The second kappa shape index (κ2) is 4.21. The topological polar surface area (TPSA) is 52.9 Å². The Bertz CT molecular complexity index is 592. The van der Waals surface area contributed by atoms with Crippen LogP contribution in [0.3, 0.4) is 0 Å². The maximum atomic E-state index is 12.3. The highest BCUT2D eigenvalue weighted by Gasteiger charge is 2.38. The zero-order chi connectivity index (χ0) is 12.8. The number of hydrogen-bond donors (Lipinski definition) is 1. The van der Waals surface area contributed by atoms with Crippen LogP contribution in [-0.2, 0) is 6.54 Å². The average molecular weight is 277 g/mol. The van der Waals surface area contributed by atoms with Gasteiger partial charge in [0.15, 0.2) is 4.96 Å². The van der Waals surface area contributed by atoms with Gasteiger partial charge in [-0.1, -0.05) is 0 Å². The molecule has 1 unspecified atom stereocenters. The van der Waals surface area contributed by atoms with Crippen LogP contribution in [0.5, 0.6) is 0 Å². The van der Waals surface area contributed by atoms with E-state index in [9.17, 15) is 4.79 Å². The molecule has 2 amide bonds. The highest BCUT2D eigenvalue weighted by atomic mass is 32.1. The Balaban J connectivity index is 1.53. The predicted molar refractivity (Wildman–Crippen MR) is 72.2 cm³/mol. The van der Waals surface area contributed by atoms with Gasteiger partial charge in [0.25, 0.3) is 0 Å². The van der Waals surface area contributed by atoms with Crippen molar-refractivity contribution in [3.8, 4) is 0 Å². The number of nitrogens with zero attached hydrogens (tertiary/aromatic N) is 4. The second-order valence-electron chi connectivity index (χ2n) is 5.04. The van der Waals surface area contributed by atoms with Gasteiger partial charge >= 0.3 is 6.03 Å². The van der Waals surface area contributed by atoms with Crippen molar-refractivity contribution in [3.63, 3.8) is 0 Å². The standard InChI is InChI=1S/C12H15N5OS/c18-12-16(8-10-5-13-1-2-17(10)12)7-9-6-15-3-4-19-11(15)14-9/h3-4,6,10,13H,1-2,5,7-8H2. The summed E-state index contributed by atoms with van der Waals surface area (Å²) in [5.74, 6) is 0. The number of carbonyl (C=O) groups is 1. The molecule has 0 spiro atoms. The van der Waals surface area contributed by atoms with Crippen molar-refractivity contribution in [1.29, 1.82) is 0 Å². The van der Waals surface area contributed by atoms with Crippen molar-refractivity contribution in [3.05, 3.63) is 23.5 Å². The predicted octanol–water partition coefficient (Wildman–Crippen LogP) is 0.605. The van der Waals surface area contributed by atoms with Crippen molar-refractivity contribution >= 4 is 22.3 Å². The first-order valence-electron chi connectivity index (χ1n) is 6.48. The lowest BCUT2D eigenvalue weighted by Gasteiger charge is -2.28. The van der Waals surface area contributed by atoms with Gasteiger partial charge in [-0.2, -0.15) is 0 Å². The molecule has 0 aromatic carbocycles. The van der Waals surface area contributed by atoms with E-state index in [1.165, 1.54) is 0 Å². The number of carbonyl (C=O) groups excluding carboxylic acids is 1. The molecule has 2 aromatic rings. The lowest BCUT2D eigenvalue weighted by atomic mass is 10.2. The van der Waals surface area contributed by atoms with Crippen LogP contribution in [0.15, 0.2) is 17.8 Å². The van der Waals surface area contributed by atoms with E-state index in [0.717, 1.165) is 36.8 Å². The molecule has 4 heterocycles. The summed E-state index contributed by atoms with van der Waals surface area (Å²) in [6.45, 7) is 4.03. The SMILES string of the molecule is O=C1N(Cc2cn3ccsc3n2)CC2CNCCN12. The summed E-state index contributed by atoms with van der Waals surface area (Å²) < 4.78 is 2.01. The number of imidazole rings is 1. The fourth-order valence-corrected chi connectivity index (χ4v) is 3.59. The molecule has 2 aliphatic rings. The number of urea groups is 1. The maximum absolute atomic E-state index is 12.3. The van der Waals surface area contributed by atoms with E-state index < -0.39 is 0 Å². The first-order valence-corrected chi connectivity index (χ1v) is 7.36. The molecule has 1 atom stereocenters. The Morgan fingerprint density at radius 1 is 1.53 bits per heavy atom. The first-order chi connectivity index (χ1) is 9.31. The molecule has 0 radical (unpaired) electrons. The fourth-order valence-electron chi connectivity index (χ4n) is 2.87. The Morgan fingerprint density at radius 2 is 2.47 bits per heavy atom. The van der Waals surface area contributed by atoms with Crippen LogP contribution >= 0.6 is 11.3 Å². The molecule has 19 heavy (non-hydrogen) atoms. The van der Waals surface area contributed by atoms with Crippen LogP contribution in [0.25, 0.3) is 4.96 Å². The number of nitrogens with one attached hydrogen (secondary N) is 1. The zero-order valence-corrected chi connectivity index (χ0v) is 11.3. The Labute approximate surface area is 114 Å². The Hall–Kier alpha value is -1.60. The molecule has 0 saturated carbocycles. The van der Waals surface area contributed by atoms with Crippen molar-refractivity contribution in [2.24, 2.45) is 0 Å². The minimum Gasteiger partial charge on any atom is -0.317 e. The van der Waals surface area contributed by atoms with E-state index in [-0.39, 0.29) is 6.03 Å². The molecule has 7 heteroatoms. The molecule has 2 aromatic heterocycles. The summed E-state index contributed by atoms with van der Waals surface area (Å²) in [4.78, 5) is 21.7. The molecule has 6 nitrogen and oxygen atoms in total. The van der Waals surface area contributed by atoms with E-state index in [2.05, 4.69) is 10.3 Å². The smallest absolute Gasteiger partial charge is 0.317 e. The molecule has 0 aliphatic carbocycles. The van der Waals surface area contributed by atoms with Crippen LogP contribution in [0.2, 0.25) is 0 Å². The quantitative estimate of drug-likeness (QED) is 0.875. The van der Waals surface area contributed by atoms with E-state index in [0.29, 0.717) is 12.6 Å². The number of hydrogen-bond acceptors (Lipinski definition) is 4. The van der Waals surface area contributed by atoms with Crippen LogP contribution in [0, 0.1) is 0 Å². The molecule has 2 saturated heterocycles. The lowest BCUT2D eigenvalue weighted by molar-refractivity contribution is 0.178. The van der Waals surface area contributed by atoms with Crippen molar-refractivity contribution < 1.29 is 4.79 Å². The third-order valence-electron chi connectivity index (χ3n) is 3.79. The van der Waals surface area contributed by atoms with E-state index in [1.54, 1.807) is 11.3 Å². The minimum atomic E-state index is 0.155. The normalized spacial score (nSPS) is 23.4. The van der Waals surface area contributed by atoms with Crippen LogP contribution < -0.4 is 5.32 Å². The fraction of sp³-hybridized carbons (Fsp3) is 0.500. The largest absolute Gasteiger partial charge is 0.320 e. The number of aromatic nitrogens is 2. The van der Waals surface area contributed by atoms with Gasteiger partial charge in [0.1, 0.15) is 0 Å². The Morgan fingerprint density at radius 3 is 3.32 bits per heavy atom. The van der Waals surface area contributed by atoms with Gasteiger partial charge in [-0.05, 0) is 0 Å². The van der Waals surface area contributed by atoms with Gasteiger partial charge in [-0.3, -0.25) is 4.40 Å². The van der Waals surface area contributed by atoms with Crippen molar-refractivity contribution in [1.82, 2.24) is 24.5 Å². The van der Waals surface area contributed by atoms with Crippen molar-refractivity contribution in [2.75, 3.05) is 26.2 Å². The van der Waals surface area contributed by atoms with E-state index in [4.69, 9.17) is 0 Å². The van der Waals surface area contributed by atoms with Gasteiger partial charge in [0.05, 0.1) is 18.3 Å². The third-order valence-corrected chi connectivity index (χ3v) is 4.56. The van der Waals surface area contributed by atoms with Crippen LogP contribution in [0.1, 0.15) is 5.69 Å². The summed E-state index contributed by atoms with van der Waals surface area (Å²) in [6, 6.07) is 0.479. The summed E-state index contributed by atoms with van der Waals surface area (Å²) in [6.07, 6.45) is 4.00. The van der Waals surface area contributed by atoms with E-state index >= 15 is 0 Å². The molecular weight excluding hydrogens is 262 g/mol. The third kappa shape index (κ3) is 1.81. The molecule has 4 rings (SSSR count). The number of piperazine rings is 1. The molecule has 0 bridgehead atoms. The summed E-state index contributed by atoms with van der Waals surface area (Å²) in [5.41, 5.74) is 0.966. The Kier molecular flexibility index (Phi) is 2.49. The van der Waals surface area contributed by atoms with Gasteiger partial charge in [-0.25, -0.2) is 9.78 Å². The highest BCUT2D eigenvalue weighted by Crippen LogP contribution is 2.20.